The third-order valence-electron chi connectivity index (χ3n) is 11.6. The molecule has 0 saturated carbocycles. The van der Waals surface area contributed by atoms with Crippen LogP contribution < -0.4 is 0 Å². The van der Waals surface area contributed by atoms with Crippen LogP contribution in [-0.4, -0.2) is 0 Å². The van der Waals surface area contributed by atoms with E-state index in [0.29, 0.717) is 0 Å². The quantitative estimate of drug-likeness (QED) is 0.156. The maximum Gasteiger partial charge on any atom is -0.00259 e. The van der Waals surface area contributed by atoms with Crippen LogP contribution in [-0.2, 0) is 0 Å². The molecule has 0 fully saturated rings. The zero-order valence-electron chi connectivity index (χ0n) is 30.8. The highest BCUT2D eigenvalue weighted by Gasteiger charge is 2.20. The molecule has 0 heterocycles. The Morgan fingerprint density at radius 3 is 1.21 bits per heavy atom. The van der Waals surface area contributed by atoms with Gasteiger partial charge in [0.05, 0.1) is 0 Å². The van der Waals surface area contributed by atoms with Crippen molar-refractivity contribution in [1.29, 1.82) is 0 Å². The van der Waals surface area contributed by atoms with Gasteiger partial charge in [0.25, 0.3) is 0 Å². The molecule has 0 heteroatoms. The van der Waals surface area contributed by atoms with E-state index < -0.39 is 0 Å². The maximum absolute atomic E-state index is 2.45. The molecule has 0 unspecified atom stereocenters. The summed E-state index contributed by atoms with van der Waals surface area (Å²) in [6, 6.07) is 80.5. The van der Waals surface area contributed by atoms with E-state index in [9.17, 15) is 0 Å². The largest absolute Gasteiger partial charge is 0.0622 e. The summed E-state index contributed by atoms with van der Waals surface area (Å²) in [4.78, 5) is 0. The van der Waals surface area contributed by atoms with Crippen molar-refractivity contribution in [1.82, 2.24) is 0 Å². The smallest absolute Gasteiger partial charge is 0.00259 e. The van der Waals surface area contributed by atoms with Crippen LogP contribution in [0.4, 0.5) is 0 Å². The van der Waals surface area contributed by atoms with Crippen LogP contribution in [0, 0.1) is 0 Å². The number of benzene rings is 11. The van der Waals surface area contributed by atoms with E-state index in [1.807, 2.05) is 0 Å². The average Bonchev–Trinajstić information content (AvgIpc) is 3.27. The van der Waals surface area contributed by atoms with Gasteiger partial charge in [0.2, 0.25) is 0 Å². The molecule has 56 heavy (non-hydrogen) atoms. The minimum absolute atomic E-state index is 1.21. The van der Waals surface area contributed by atoms with Crippen LogP contribution in [0.5, 0.6) is 0 Å². The molecule has 0 aliphatic heterocycles. The lowest BCUT2D eigenvalue weighted by molar-refractivity contribution is 1.61. The molecular formula is C56H36. The molecule has 0 nitrogen and oxygen atoms in total. The lowest BCUT2D eigenvalue weighted by Crippen LogP contribution is -1.93. The molecule has 0 bridgehead atoms. The third-order valence-corrected chi connectivity index (χ3v) is 11.6. The molecule has 0 aromatic heterocycles. The van der Waals surface area contributed by atoms with E-state index in [-0.39, 0.29) is 0 Å². The van der Waals surface area contributed by atoms with E-state index in [0.717, 1.165) is 0 Å². The lowest BCUT2D eigenvalue weighted by atomic mass is 9.83. The van der Waals surface area contributed by atoms with E-state index >= 15 is 0 Å². The van der Waals surface area contributed by atoms with Crippen LogP contribution >= 0.6 is 0 Å². The van der Waals surface area contributed by atoms with Crippen molar-refractivity contribution in [2.75, 3.05) is 0 Å². The van der Waals surface area contributed by atoms with Crippen molar-refractivity contribution >= 4 is 53.9 Å². The van der Waals surface area contributed by atoms with Crippen LogP contribution in [0.3, 0.4) is 0 Å². The highest BCUT2D eigenvalue weighted by Crippen LogP contribution is 2.47. The second-order valence-electron chi connectivity index (χ2n) is 14.8. The third kappa shape index (κ3) is 5.38. The van der Waals surface area contributed by atoms with Crippen molar-refractivity contribution < 1.29 is 0 Å². The summed E-state index contributed by atoms with van der Waals surface area (Å²) < 4.78 is 0. The molecule has 260 valence electrons. The molecule has 0 aliphatic carbocycles. The number of fused-ring (bicyclic) bond motifs is 5. The minimum atomic E-state index is 1.21. The fourth-order valence-corrected chi connectivity index (χ4v) is 8.94. The van der Waals surface area contributed by atoms with Crippen LogP contribution in [0.2, 0.25) is 0 Å². The summed E-state index contributed by atoms with van der Waals surface area (Å²) in [5.41, 5.74) is 12.3. The molecule has 0 radical (unpaired) electrons. The minimum Gasteiger partial charge on any atom is -0.0622 e. The van der Waals surface area contributed by atoms with E-state index in [1.54, 1.807) is 0 Å². The predicted octanol–water partition coefficient (Wildman–Crippen LogP) is 15.8. The van der Waals surface area contributed by atoms with Gasteiger partial charge in [-0.05, 0) is 128 Å². The van der Waals surface area contributed by atoms with Gasteiger partial charge in [0.1, 0.15) is 0 Å². The molecule has 11 aromatic carbocycles. The van der Waals surface area contributed by atoms with Crippen molar-refractivity contribution in [3.05, 3.63) is 218 Å². The lowest BCUT2D eigenvalue weighted by Gasteiger charge is -2.20. The van der Waals surface area contributed by atoms with E-state index in [4.69, 9.17) is 0 Å². The van der Waals surface area contributed by atoms with Crippen LogP contribution in [0.25, 0.3) is 109 Å². The first kappa shape index (κ1) is 32.2. The van der Waals surface area contributed by atoms with Gasteiger partial charge in [0, 0.05) is 0 Å². The molecule has 0 N–H and O–H groups in total. The van der Waals surface area contributed by atoms with Gasteiger partial charge in [-0.15, -0.1) is 0 Å². The Hall–Kier alpha value is -7.28. The molecule has 0 atom stereocenters. The maximum atomic E-state index is 2.45. The fraction of sp³-hybridized carbons (Fsp3) is 0. The second-order valence-corrected chi connectivity index (χ2v) is 14.8. The number of rotatable bonds is 5. The summed E-state index contributed by atoms with van der Waals surface area (Å²) in [6.45, 7) is 0. The zero-order chi connectivity index (χ0) is 37.0. The highest BCUT2D eigenvalue weighted by molar-refractivity contribution is 6.23. The van der Waals surface area contributed by atoms with Gasteiger partial charge in [0.15, 0.2) is 0 Å². The highest BCUT2D eigenvalue weighted by atomic mass is 14.2. The average molecular weight is 709 g/mol. The molecule has 0 aliphatic rings. The van der Waals surface area contributed by atoms with E-state index in [1.165, 1.54) is 109 Å². The van der Waals surface area contributed by atoms with Crippen LogP contribution in [0.15, 0.2) is 218 Å². The first-order valence-electron chi connectivity index (χ1n) is 19.4. The molecule has 11 rings (SSSR count). The number of hydrogen-bond donors (Lipinski definition) is 0. The van der Waals surface area contributed by atoms with Gasteiger partial charge in [-0.2, -0.15) is 0 Å². The normalized spacial score (nSPS) is 11.6. The van der Waals surface area contributed by atoms with Gasteiger partial charge in [-0.3, -0.25) is 0 Å². The van der Waals surface area contributed by atoms with Crippen molar-refractivity contribution in [2.45, 2.75) is 0 Å². The van der Waals surface area contributed by atoms with Gasteiger partial charge < -0.3 is 0 Å². The predicted molar refractivity (Wildman–Crippen MR) is 241 cm³/mol. The molecule has 0 amide bonds. The Kier molecular flexibility index (Phi) is 7.60. The van der Waals surface area contributed by atoms with Crippen molar-refractivity contribution in [3.8, 4) is 55.6 Å². The Bertz CT molecular complexity index is 3270. The van der Waals surface area contributed by atoms with Crippen molar-refractivity contribution in [2.24, 2.45) is 0 Å². The summed E-state index contributed by atoms with van der Waals surface area (Å²) in [5.74, 6) is 0. The SMILES string of the molecule is c1ccc(-c2ccc(-c3c4ccc(-c5cccc6ccccc56)cc4c(-c4ccc5ccccc5c4)c4ccc(-c5cccc6ccccc56)cc34)cc2)cc1. The first-order valence-corrected chi connectivity index (χ1v) is 19.4. The Balaban J connectivity index is 1.25. The van der Waals surface area contributed by atoms with E-state index in [2.05, 4.69) is 218 Å². The standard InChI is InChI=1S/C56H36/c1-2-12-37(13-3-1)39-24-27-42(28-25-39)55-51-32-30-45(50-23-11-19-41-16-7-9-21-48(41)50)36-54(51)56(46-29-26-38-14-4-5-17-43(38)34-46)52-33-31-44(35-53(52)55)49-22-10-18-40-15-6-8-20-47(40)49/h1-36H. The van der Waals surface area contributed by atoms with Crippen LogP contribution in [0.1, 0.15) is 0 Å². The van der Waals surface area contributed by atoms with Crippen molar-refractivity contribution in [3.63, 3.8) is 0 Å². The molecule has 0 spiro atoms. The Morgan fingerprint density at radius 1 is 0.179 bits per heavy atom. The summed E-state index contributed by atoms with van der Waals surface area (Å²) in [7, 11) is 0. The van der Waals surface area contributed by atoms with Gasteiger partial charge in [-0.25, -0.2) is 0 Å². The van der Waals surface area contributed by atoms with Gasteiger partial charge in [-0.1, -0.05) is 200 Å². The van der Waals surface area contributed by atoms with Gasteiger partial charge >= 0.3 is 0 Å². The summed E-state index contributed by atoms with van der Waals surface area (Å²) in [6.07, 6.45) is 0. The monoisotopic (exact) mass is 708 g/mol. The fourth-order valence-electron chi connectivity index (χ4n) is 8.94. The second kappa shape index (κ2) is 13.2. The Labute approximate surface area is 326 Å². The Morgan fingerprint density at radius 2 is 0.607 bits per heavy atom. The molecule has 11 aromatic rings. The molecule has 0 saturated heterocycles. The zero-order valence-corrected chi connectivity index (χ0v) is 30.8. The summed E-state index contributed by atoms with van der Waals surface area (Å²) >= 11 is 0. The molecular weight excluding hydrogens is 673 g/mol. The first-order chi connectivity index (χ1) is 27.8. The number of hydrogen-bond acceptors (Lipinski definition) is 0. The summed E-state index contributed by atoms with van der Waals surface area (Å²) in [5, 5.41) is 12.5. The topological polar surface area (TPSA) is 0 Å².